The van der Waals surface area contributed by atoms with Crippen molar-refractivity contribution in [3.8, 4) is 0 Å². The first-order valence-electron chi connectivity index (χ1n) is 4.70. The standard InChI is InChI=1S/C11H12O4S/c1-3-7(11(14)15-2)6-8-4-5-9(16-8)10(12)13/h4-6H,3H2,1-2H3,(H,12,13)/b7-6+. The Labute approximate surface area is 97.2 Å². The van der Waals surface area contributed by atoms with Crippen LogP contribution in [0.25, 0.3) is 6.08 Å². The van der Waals surface area contributed by atoms with E-state index in [1.54, 1.807) is 12.1 Å². The topological polar surface area (TPSA) is 63.6 Å². The fourth-order valence-corrected chi connectivity index (χ4v) is 1.97. The predicted molar refractivity (Wildman–Crippen MR) is 61.6 cm³/mol. The average Bonchev–Trinajstić information content (AvgIpc) is 2.73. The molecule has 1 heterocycles. The van der Waals surface area contributed by atoms with Gasteiger partial charge < -0.3 is 9.84 Å². The Hall–Kier alpha value is -1.62. The molecule has 5 heteroatoms. The molecule has 1 aromatic heterocycles. The summed E-state index contributed by atoms with van der Waals surface area (Å²) in [4.78, 5) is 22.9. The first-order chi connectivity index (χ1) is 7.58. The lowest BCUT2D eigenvalue weighted by Gasteiger charge is -2.00. The monoisotopic (exact) mass is 240 g/mol. The highest BCUT2D eigenvalue weighted by Crippen LogP contribution is 2.20. The zero-order chi connectivity index (χ0) is 12.1. The van der Waals surface area contributed by atoms with Crippen molar-refractivity contribution in [3.05, 3.63) is 27.5 Å². The molecule has 0 saturated heterocycles. The molecule has 1 N–H and O–H groups in total. The van der Waals surface area contributed by atoms with E-state index in [4.69, 9.17) is 5.11 Å². The van der Waals surface area contributed by atoms with Gasteiger partial charge in [-0.15, -0.1) is 11.3 Å². The van der Waals surface area contributed by atoms with Crippen LogP contribution in [0.3, 0.4) is 0 Å². The molecule has 0 aliphatic heterocycles. The van der Waals surface area contributed by atoms with Crippen LogP contribution in [0.15, 0.2) is 17.7 Å². The van der Waals surface area contributed by atoms with Gasteiger partial charge in [0.1, 0.15) is 4.88 Å². The summed E-state index contributed by atoms with van der Waals surface area (Å²) in [5.74, 6) is -1.34. The number of methoxy groups -OCH3 is 1. The fourth-order valence-electron chi connectivity index (χ4n) is 1.15. The van der Waals surface area contributed by atoms with Gasteiger partial charge in [-0.3, -0.25) is 0 Å². The Morgan fingerprint density at radius 1 is 1.50 bits per heavy atom. The lowest BCUT2D eigenvalue weighted by Crippen LogP contribution is -2.03. The van der Waals surface area contributed by atoms with E-state index in [1.165, 1.54) is 13.2 Å². The number of hydrogen-bond donors (Lipinski definition) is 1. The maximum atomic E-state index is 11.3. The van der Waals surface area contributed by atoms with Crippen LogP contribution >= 0.6 is 11.3 Å². The molecule has 0 amide bonds. The van der Waals surface area contributed by atoms with E-state index in [1.807, 2.05) is 6.92 Å². The summed E-state index contributed by atoms with van der Waals surface area (Å²) in [6.07, 6.45) is 2.20. The van der Waals surface area contributed by atoms with Gasteiger partial charge in [-0.25, -0.2) is 9.59 Å². The van der Waals surface area contributed by atoms with Crippen molar-refractivity contribution in [1.82, 2.24) is 0 Å². The van der Waals surface area contributed by atoms with Crippen LogP contribution in [0.5, 0.6) is 0 Å². The molecule has 4 nitrogen and oxygen atoms in total. The van der Waals surface area contributed by atoms with Gasteiger partial charge in [0.05, 0.1) is 7.11 Å². The van der Waals surface area contributed by atoms with Crippen LogP contribution in [0.1, 0.15) is 27.9 Å². The predicted octanol–water partition coefficient (Wildman–Crippen LogP) is 2.41. The number of ether oxygens (including phenoxy) is 1. The van der Waals surface area contributed by atoms with Gasteiger partial charge in [-0.1, -0.05) is 6.92 Å². The van der Waals surface area contributed by atoms with E-state index < -0.39 is 5.97 Å². The Bertz CT molecular complexity index is 431. The van der Waals surface area contributed by atoms with E-state index >= 15 is 0 Å². The zero-order valence-electron chi connectivity index (χ0n) is 9.02. The number of rotatable bonds is 4. The SMILES string of the molecule is CC/C(=C\c1ccc(C(=O)O)s1)C(=O)OC. The minimum Gasteiger partial charge on any atom is -0.477 e. The van der Waals surface area contributed by atoms with E-state index in [0.29, 0.717) is 12.0 Å². The average molecular weight is 240 g/mol. The maximum Gasteiger partial charge on any atom is 0.345 e. The minimum atomic E-state index is -0.958. The number of esters is 1. The molecule has 0 atom stereocenters. The fraction of sp³-hybridized carbons (Fsp3) is 0.273. The lowest BCUT2D eigenvalue weighted by molar-refractivity contribution is -0.136. The van der Waals surface area contributed by atoms with Crippen LogP contribution < -0.4 is 0 Å². The number of carboxylic acid groups (broad SMARTS) is 1. The maximum absolute atomic E-state index is 11.3. The van der Waals surface area contributed by atoms with Crippen LogP contribution in [0.2, 0.25) is 0 Å². The van der Waals surface area contributed by atoms with Gasteiger partial charge in [-0.2, -0.15) is 0 Å². The highest BCUT2D eigenvalue weighted by molar-refractivity contribution is 7.14. The molecule has 0 aromatic carbocycles. The van der Waals surface area contributed by atoms with Crippen molar-refractivity contribution < 1.29 is 19.4 Å². The molecule has 0 aliphatic rings. The molecule has 0 unspecified atom stereocenters. The van der Waals surface area contributed by atoms with Gasteiger partial charge in [0.15, 0.2) is 0 Å². The molecule has 0 fully saturated rings. The Kier molecular flexibility index (Phi) is 4.25. The second-order valence-electron chi connectivity index (χ2n) is 3.02. The summed E-state index contributed by atoms with van der Waals surface area (Å²) in [5, 5.41) is 8.74. The molecule has 86 valence electrons. The van der Waals surface area contributed by atoms with Crippen LogP contribution in [0, 0.1) is 0 Å². The van der Waals surface area contributed by atoms with E-state index in [2.05, 4.69) is 4.74 Å². The van der Waals surface area contributed by atoms with E-state index in [9.17, 15) is 9.59 Å². The third-order valence-electron chi connectivity index (χ3n) is 1.98. The third-order valence-corrected chi connectivity index (χ3v) is 3.00. The van der Waals surface area contributed by atoms with Crippen molar-refractivity contribution in [3.63, 3.8) is 0 Å². The molecule has 1 aromatic rings. The number of hydrogen-bond acceptors (Lipinski definition) is 4. The quantitative estimate of drug-likeness (QED) is 0.648. The number of carbonyl (C=O) groups excluding carboxylic acids is 1. The Morgan fingerprint density at radius 3 is 2.62 bits per heavy atom. The van der Waals surface area contributed by atoms with Gasteiger partial charge in [-0.05, 0) is 24.6 Å². The summed E-state index contributed by atoms with van der Waals surface area (Å²) >= 11 is 1.13. The van der Waals surface area contributed by atoms with Gasteiger partial charge in [0.2, 0.25) is 0 Å². The molecule has 0 aliphatic carbocycles. The van der Waals surface area contributed by atoms with Crippen molar-refractivity contribution in [1.29, 1.82) is 0 Å². The molecular formula is C11H12O4S. The summed E-state index contributed by atoms with van der Waals surface area (Å²) in [5.41, 5.74) is 0.529. The van der Waals surface area contributed by atoms with Crippen LogP contribution in [0.4, 0.5) is 0 Å². The summed E-state index contributed by atoms with van der Waals surface area (Å²) in [6, 6.07) is 3.19. The molecular weight excluding hydrogens is 228 g/mol. The molecule has 0 saturated carbocycles. The Balaban J connectivity index is 2.95. The van der Waals surface area contributed by atoms with E-state index in [-0.39, 0.29) is 10.8 Å². The van der Waals surface area contributed by atoms with Crippen molar-refractivity contribution in [2.75, 3.05) is 7.11 Å². The van der Waals surface area contributed by atoms with Gasteiger partial charge >= 0.3 is 11.9 Å². The van der Waals surface area contributed by atoms with Gasteiger partial charge in [0, 0.05) is 10.5 Å². The highest BCUT2D eigenvalue weighted by atomic mass is 32.1. The highest BCUT2D eigenvalue weighted by Gasteiger charge is 2.09. The number of carbonyl (C=O) groups is 2. The van der Waals surface area contributed by atoms with Crippen LogP contribution in [-0.2, 0) is 9.53 Å². The number of aromatic carboxylic acids is 1. The normalized spacial score (nSPS) is 11.2. The minimum absolute atomic E-state index is 0.256. The second-order valence-corrected chi connectivity index (χ2v) is 4.14. The second kappa shape index (κ2) is 5.46. The summed E-state index contributed by atoms with van der Waals surface area (Å²) in [7, 11) is 1.32. The van der Waals surface area contributed by atoms with Crippen LogP contribution in [-0.4, -0.2) is 24.2 Å². The molecule has 0 bridgehead atoms. The van der Waals surface area contributed by atoms with E-state index in [0.717, 1.165) is 16.2 Å². The third kappa shape index (κ3) is 2.93. The molecule has 16 heavy (non-hydrogen) atoms. The molecule has 1 rings (SSSR count). The summed E-state index contributed by atoms with van der Waals surface area (Å²) in [6.45, 7) is 1.84. The first-order valence-corrected chi connectivity index (χ1v) is 5.52. The van der Waals surface area contributed by atoms with Crippen molar-refractivity contribution in [2.45, 2.75) is 13.3 Å². The number of thiophene rings is 1. The lowest BCUT2D eigenvalue weighted by atomic mass is 10.2. The summed E-state index contributed by atoms with van der Waals surface area (Å²) < 4.78 is 4.61. The molecule has 0 spiro atoms. The van der Waals surface area contributed by atoms with Gasteiger partial charge in [0.25, 0.3) is 0 Å². The number of carboxylic acids is 1. The zero-order valence-corrected chi connectivity index (χ0v) is 9.84. The first kappa shape index (κ1) is 12.4. The smallest absolute Gasteiger partial charge is 0.345 e. The van der Waals surface area contributed by atoms with Crippen molar-refractivity contribution in [2.24, 2.45) is 0 Å². The largest absolute Gasteiger partial charge is 0.477 e. The Morgan fingerprint density at radius 2 is 2.19 bits per heavy atom. The van der Waals surface area contributed by atoms with Crippen molar-refractivity contribution >= 4 is 29.4 Å². The molecule has 0 radical (unpaired) electrons.